The number of likely N-dealkylation sites (N-methyl/N-ethyl adjacent to an activating group) is 1. The van der Waals surface area contributed by atoms with Crippen LogP contribution in [-0.4, -0.2) is 43.6 Å². The molecule has 0 bridgehead atoms. The first-order valence-electron chi connectivity index (χ1n) is 8.72. The summed E-state index contributed by atoms with van der Waals surface area (Å²) in [5, 5.41) is 12.2. The van der Waals surface area contributed by atoms with Crippen LogP contribution < -0.4 is 4.90 Å². The number of nitrogens with zero attached hydrogens (tertiary/aromatic N) is 1. The summed E-state index contributed by atoms with van der Waals surface area (Å²) < 4.78 is 20.5. The van der Waals surface area contributed by atoms with E-state index in [1.54, 1.807) is 17.4 Å². The number of benzene rings is 2. The maximum absolute atomic E-state index is 12.2. The van der Waals surface area contributed by atoms with Crippen molar-refractivity contribution >= 4 is 64.2 Å². The molecule has 0 aliphatic heterocycles. The number of fused-ring (bicyclic) bond motifs is 5. The van der Waals surface area contributed by atoms with Crippen molar-refractivity contribution in [3.05, 3.63) is 34.3 Å². The molecule has 0 aliphatic carbocycles. The average molecular weight is 451 g/mol. The summed E-state index contributed by atoms with van der Waals surface area (Å²) in [5.41, 5.74) is 4.34. The predicted molar refractivity (Wildman–Crippen MR) is 115 cm³/mol. The molecule has 0 saturated carbocycles. The monoisotopic (exact) mass is 450 g/mol. The van der Waals surface area contributed by atoms with Gasteiger partial charge in [0.1, 0.15) is 12.4 Å². The maximum Gasteiger partial charge on any atom is 0.131 e. The quantitative estimate of drug-likeness (QED) is 0.368. The van der Waals surface area contributed by atoms with Gasteiger partial charge in [0.25, 0.3) is 0 Å². The van der Waals surface area contributed by atoms with Crippen molar-refractivity contribution in [3.8, 4) is 5.75 Å². The number of hydrogen-bond donors (Lipinski definition) is 2. The van der Waals surface area contributed by atoms with Crippen LogP contribution in [0.25, 0.3) is 31.2 Å². The van der Waals surface area contributed by atoms with E-state index >= 15 is 0 Å². The molecule has 0 spiro atoms. The zero-order chi connectivity index (χ0) is 19.1. The Kier molecular flexibility index (Phi) is 5.01. The summed E-state index contributed by atoms with van der Waals surface area (Å²) in [6.45, 7) is 3.02. The lowest BCUT2D eigenvalue weighted by Crippen LogP contribution is -2.23. The predicted octanol–water partition coefficient (Wildman–Crippen LogP) is 5.73. The molecule has 142 valence electrons. The van der Waals surface area contributed by atoms with Gasteiger partial charge in [-0.15, -0.1) is 11.3 Å². The number of phenolic OH excluding ortho intramolecular Hbond substituents is 1. The van der Waals surface area contributed by atoms with E-state index in [-0.39, 0.29) is 12.4 Å². The minimum atomic E-state index is -0.447. The Morgan fingerprint density at radius 2 is 2.04 bits per heavy atom. The van der Waals surface area contributed by atoms with Gasteiger partial charge in [-0.1, -0.05) is 0 Å². The second kappa shape index (κ2) is 7.30. The van der Waals surface area contributed by atoms with Gasteiger partial charge in [0.2, 0.25) is 0 Å². The molecule has 4 nitrogen and oxygen atoms in total. The summed E-state index contributed by atoms with van der Waals surface area (Å²) in [5.74, 6) is 0.232. The van der Waals surface area contributed by atoms with E-state index in [1.165, 1.54) is 20.3 Å². The highest BCUT2D eigenvalue weighted by Crippen LogP contribution is 2.43. The van der Waals surface area contributed by atoms with Crippen LogP contribution in [0.3, 0.4) is 0 Å². The van der Waals surface area contributed by atoms with Crippen LogP contribution in [0.1, 0.15) is 5.56 Å². The Labute approximate surface area is 168 Å². The lowest BCUT2D eigenvalue weighted by Gasteiger charge is -2.21. The highest BCUT2D eigenvalue weighted by Gasteiger charge is 2.16. The minimum Gasteiger partial charge on any atom is -0.507 e. The molecule has 4 rings (SSSR count). The van der Waals surface area contributed by atoms with Gasteiger partial charge >= 0.3 is 0 Å². The highest BCUT2D eigenvalue weighted by atomic mass is 79.9. The van der Waals surface area contributed by atoms with Crippen LogP contribution >= 0.6 is 27.3 Å². The third-order valence-corrected chi connectivity index (χ3v) is 6.82. The van der Waals surface area contributed by atoms with E-state index in [2.05, 4.69) is 44.9 Å². The van der Waals surface area contributed by atoms with Gasteiger partial charge in [0, 0.05) is 34.8 Å². The second-order valence-corrected chi connectivity index (χ2v) is 8.46. The molecule has 0 fully saturated rings. The third kappa shape index (κ3) is 3.17. The van der Waals surface area contributed by atoms with Crippen LogP contribution in [-0.2, 0) is 4.74 Å². The Morgan fingerprint density at radius 1 is 1.22 bits per heavy atom. The van der Waals surface area contributed by atoms with E-state index < -0.39 is 6.67 Å². The van der Waals surface area contributed by atoms with Crippen LogP contribution in [0.4, 0.5) is 10.1 Å². The molecule has 0 aliphatic rings. The second-order valence-electron chi connectivity index (χ2n) is 6.61. The number of thiophene rings is 1. The van der Waals surface area contributed by atoms with Crippen LogP contribution in [0.5, 0.6) is 5.75 Å². The van der Waals surface area contributed by atoms with E-state index in [1.807, 2.05) is 13.1 Å². The molecular formula is C20H20BrFN2O2S. The Morgan fingerprint density at radius 3 is 2.81 bits per heavy atom. The maximum atomic E-state index is 12.2. The Hall–Kier alpha value is -1.83. The van der Waals surface area contributed by atoms with E-state index in [0.717, 1.165) is 22.1 Å². The van der Waals surface area contributed by atoms with Crippen molar-refractivity contribution in [2.24, 2.45) is 0 Å². The van der Waals surface area contributed by atoms with Crippen LogP contribution in [0, 0.1) is 6.92 Å². The SMILES string of the molecule is Cc1cc2c(cc1N(C)CCOCCF)sc1c3ccc(O)c(Br)c3[nH]c21. The zero-order valence-electron chi connectivity index (χ0n) is 15.1. The first kappa shape index (κ1) is 18.5. The summed E-state index contributed by atoms with van der Waals surface area (Å²) in [6.07, 6.45) is 0. The van der Waals surface area contributed by atoms with E-state index in [0.29, 0.717) is 17.6 Å². The molecule has 2 N–H and O–H groups in total. The van der Waals surface area contributed by atoms with Gasteiger partial charge in [0.15, 0.2) is 0 Å². The van der Waals surface area contributed by atoms with Crippen molar-refractivity contribution in [2.75, 3.05) is 38.4 Å². The minimum absolute atomic E-state index is 0.152. The van der Waals surface area contributed by atoms with Gasteiger partial charge in [-0.3, -0.25) is 0 Å². The number of H-pyrrole nitrogens is 1. The fourth-order valence-corrected chi connectivity index (χ4v) is 5.09. The third-order valence-electron chi connectivity index (χ3n) is 4.83. The number of hydrogen-bond acceptors (Lipinski definition) is 4. The molecule has 0 atom stereocenters. The molecule has 2 aromatic carbocycles. The molecule has 7 heteroatoms. The van der Waals surface area contributed by atoms with Crippen LogP contribution in [0.2, 0.25) is 0 Å². The Bertz CT molecular complexity index is 1140. The van der Waals surface area contributed by atoms with E-state index in [9.17, 15) is 9.50 Å². The molecule has 0 unspecified atom stereocenters. The van der Waals surface area contributed by atoms with Crippen molar-refractivity contribution < 1.29 is 14.2 Å². The van der Waals surface area contributed by atoms with Gasteiger partial charge in [-0.25, -0.2) is 4.39 Å². The normalized spacial score (nSPS) is 11.9. The number of phenols is 1. The summed E-state index contributed by atoms with van der Waals surface area (Å²) in [4.78, 5) is 5.62. The number of nitrogens with one attached hydrogen (secondary N) is 1. The number of aromatic hydroxyl groups is 1. The average Bonchev–Trinajstić information content (AvgIpc) is 3.17. The molecule has 0 saturated heterocycles. The number of aryl methyl sites for hydroxylation is 1. The van der Waals surface area contributed by atoms with Gasteiger partial charge in [-0.05, 0) is 52.7 Å². The number of aromatic amines is 1. The lowest BCUT2D eigenvalue weighted by atomic mass is 10.1. The van der Waals surface area contributed by atoms with Gasteiger partial charge in [0.05, 0.1) is 33.4 Å². The number of aromatic nitrogens is 1. The van der Waals surface area contributed by atoms with Gasteiger partial charge < -0.3 is 19.7 Å². The first-order chi connectivity index (χ1) is 13.0. The molecule has 0 amide bonds. The molecule has 27 heavy (non-hydrogen) atoms. The topological polar surface area (TPSA) is 48.5 Å². The van der Waals surface area contributed by atoms with Crippen molar-refractivity contribution in [1.29, 1.82) is 0 Å². The molecule has 2 heterocycles. The van der Waals surface area contributed by atoms with Crippen molar-refractivity contribution in [3.63, 3.8) is 0 Å². The van der Waals surface area contributed by atoms with E-state index in [4.69, 9.17) is 4.74 Å². The molecule has 4 aromatic rings. The number of anilines is 1. The van der Waals surface area contributed by atoms with Gasteiger partial charge in [-0.2, -0.15) is 0 Å². The lowest BCUT2D eigenvalue weighted by molar-refractivity contribution is 0.125. The largest absolute Gasteiger partial charge is 0.507 e. The van der Waals surface area contributed by atoms with Crippen molar-refractivity contribution in [2.45, 2.75) is 6.92 Å². The summed E-state index contributed by atoms with van der Waals surface area (Å²) in [7, 11) is 2.03. The molecule has 2 aromatic heterocycles. The number of halogens is 2. The zero-order valence-corrected chi connectivity index (χ0v) is 17.5. The first-order valence-corrected chi connectivity index (χ1v) is 10.3. The summed E-state index contributed by atoms with van der Waals surface area (Å²) >= 11 is 5.21. The molecular weight excluding hydrogens is 431 g/mol. The number of alkyl halides is 1. The summed E-state index contributed by atoms with van der Waals surface area (Å²) in [6, 6.07) is 8.07. The fraction of sp³-hybridized carbons (Fsp3) is 0.300. The number of rotatable bonds is 6. The molecule has 0 radical (unpaired) electrons. The highest BCUT2D eigenvalue weighted by molar-refractivity contribution is 9.10. The standard InChI is InChI=1S/C20H20BrFN2O2S/c1-11-9-13-16(10-14(11)24(2)6-8-26-7-5-22)27-20-12-3-4-15(25)17(21)18(12)23-19(13)20/h3-4,9-10,23,25H,5-8H2,1-2H3. The number of ether oxygens (including phenoxy) is 1. The van der Waals surface area contributed by atoms with Crippen molar-refractivity contribution in [1.82, 2.24) is 4.98 Å². The van der Waals surface area contributed by atoms with Crippen LogP contribution in [0.15, 0.2) is 28.7 Å². The Balaban J connectivity index is 1.76. The smallest absolute Gasteiger partial charge is 0.131 e. The fourth-order valence-electron chi connectivity index (χ4n) is 3.45.